The maximum atomic E-state index is 11.2. The molecule has 4 rings (SSSR count). The number of rotatable bonds is 2. The molecule has 1 aliphatic carbocycles. The highest BCUT2D eigenvalue weighted by Gasteiger charge is 2.38. The molecule has 1 saturated heterocycles. The summed E-state index contributed by atoms with van der Waals surface area (Å²) in [6.07, 6.45) is 14.6. The molecule has 3 heteroatoms. The molecule has 25 heavy (non-hydrogen) atoms. The Morgan fingerprint density at radius 1 is 1.20 bits per heavy atom. The lowest BCUT2D eigenvalue weighted by molar-refractivity contribution is 0.0202. The van der Waals surface area contributed by atoms with Gasteiger partial charge in [-0.1, -0.05) is 36.4 Å². The van der Waals surface area contributed by atoms with Gasteiger partial charge in [0.15, 0.2) is 0 Å². The number of ether oxygens (including phenoxy) is 1. The number of allylic oxidation sites excluding steroid dienone is 5. The summed E-state index contributed by atoms with van der Waals surface area (Å²) in [6.45, 7) is 3.93. The van der Waals surface area contributed by atoms with Gasteiger partial charge in [-0.3, -0.25) is 4.79 Å². The first-order chi connectivity index (χ1) is 12.2. The number of carbonyl (C=O) groups is 1. The summed E-state index contributed by atoms with van der Waals surface area (Å²) >= 11 is 0. The molecule has 0 atom stereocenters. The van der Waals surface area contributed by atoms with E-state index in [1.165, 1.54) is 5.57 Å². The van der Waals surface area contributed by atoms with Crippen LogP contribution < -0.4 is 5.32 Å². The van der Waals surface area contributed by atoms with Crippen molar-refractivity contribution in [3.05, 3.63) is 76.6 Å². The fourth-order valence-electron chi connectivity index (χ4n) is 3.84. The standard InChI is InChI=1S/C22H23NO2/c1-16-13-17(7-8-18(16)15-24)20-14-22(9-11-23-12-10-22)25-21-6-4-2-3-5-19(20)21/h2,4-8,13-15,23H,3,9-12H2,1H3. The first-order valence-corrected chi connectivity index (χ1v) is 8.97. The zero-order valence-electron chi connectivity index (χ0n) is 14.5. The number of hydrogen-bond acceptors (Lipinski definition) is 3. The molecule has 0 aromatic heterocycles. The maximum absolute atomic E-state index is 11.2. The van der Waals surface area contributed by atoms with E-state index in [1.54, 1.807) is 0 Å². The number of fused-ring (bicyclic) bond motifs is 1. The summed E-state index contributed by atoms with van der Waals surface area (Å²) in [4.78, 5) is 11.2. The van der Waals surface area contributed by atoms with E-state index >= 15 is 0 Å². The molecule has 1 aromatic rings. The Bertz CT molecular complexity index is 820. The van der Waals surface area contributed by atoms with E-state index in [0.717, 1.165) is 66.7 Å². The van der Waals surface area contributed by atoms with Crippen molar-refractivity contribution in [1.29, 1.82) is 0 Å². The van der Waals surface area contributed by atoms with E-state index in [4.69, 9.17) is 4.74 Å². The smallest absolute Gasteiger partial charge is 0.150 e. The first kappa shape index (κ1) is 16.1. The van der Waals surface area contributed by atoms with Crippen LogP contribution in [0.15, 0.2) is 59.9 Å². The van der Waals surface area contributed by atoms with Gasteiger partial charge < -0.3 is 10.1 Å². The minimum atomic E-state index is -0.237. The van der Waals surface area contributed by atoms with Crippen LogP contribution in [-0.2, 0) is 4.74 Å². The molecule has 3 nitrogen and oxygen atoms in total. The fraction of sp³-hybridized carbons (Fsp3) is 0.318. The van der Waals surface area contributed by atoms with Gasteiger partial charge >= 0.3 is 0 Å². The maximum Gasteiger partial charge on any atom is 0.150 e. The van der Waals surface area contributed by atoms with Gasteiger partial charge in [0, 0.05) is 24.0 Å². The van der Waals surface area contributed by atoms with Crippen molar-refractivity contribution in [3.8, 4) is 0 Å². The molecular weight excluding hydrogens is 310 g/mol. The number of carbonyl (C=O) groups excluding carboxylic acids is 1. The molecule has 0 unspecified atom stereocenters. The van der Waals surface area contributed by atoms with Crippen LogP contribution in [-0.4, -0.2) is 25.0 Å². The number of hydrogen-bond donors (Lipinski definition) is 1. The van der Waals surface area contributed by atoms with Crippen LogP contribution in [0.5, 0.6) is 0 Å². The van der Waals surface area contributed by atoms with E-state index in [0.29, 0.717) is 0 Å². The van der Waals surface area contributed by atoms with Crippen LogP contribution in [0.1, 0.15) is 40.7 Å². The van der Waals surface area contributed by atoms with Crippen molar-refractivity contribution in [2.75, 3.05) is 13.1 Å². The van der Waals surface area contributed by atoms with Gasteiger partial charge in [-0.15, -0.1) is 0 Å². The first-order valence-electron chi connectivity index (χ1n) is 8.97. The second-order valence-electron chi connectivity index (χ2n) is 6.98. The van der Waals surface area contributed by atoms with Crippen molar-refractivity contribution in [3.63, 3.8) is 0 Å². The van der Waals surface area contributed by atoms with Gasteiger partial charge in [-0.2, -0.15) is 0 Å². The van der Waals surface area contributed by atoms with Crippen LogP contribution in [0.4, 0.5) is 0 Å². The third-order valence-electron chi connectivity index (χ3n) is 5.28. The van der Waals surface area contributed by atoms with Crippen molar-refractivity contribution >= 4 is 11.9 Å². The molecule has 0 radical (unpaired) electrons. The second kappa shape index (κ2) is 6.49. The van der Waals surface area contributed by atoms with Gasteiger partial charge in [0.1, 0.15) is 17.6 Å². The minimum Gasteiger partial charge on any atom is -0.482 e. The molecule has 0 amide bonds. The fourth-order valence-corrected chi connectivity index (χ4v) is 3.84. The van der Waals surface area contributed by atoms with Crippen molar-refractivity contribution < 1.29 is 9.53 Å². The molecule has 1 spiro atoms. The van der Waals surface area contributed by atoms with E-state index in [-0.39, 0.29) is 5.60 Å². The van der Waals surface area contributed by atoms with E-state index in [1.807, 2.05) is 13.0 Å². The third kappa shape index (κ3) is 3.00. The molecular formula is C22H23NO2. The molecule has 2 aliphatic heterocycles. The monoisotopic (exact) mass is 333 g/mol. The molecule has 1 fully saturated rings. The lowest BCUT2D eigenvalue weighted by Gasteiger charge is -2.41. The summed E-state index contributed by atoms with van der Waals surface area (Å²) in [7, 11) is 0. The lowest BCUT2D eigenvalue weighted by Crippen LogP contribution is -2.44. The number of aldehydes is 1. The number of aryl methyl sites for hydroxylation is 1. The third-order valence-corrected chi connectivity index (χ3v) is 5.28. The molecule has 1 N–H and O–H groups in total. The van der Waals surface area contributed by atoms with Crippen molar-refractivity contribution in [2.24, 2.45) is 0 Å². The Morgan fingerprint density at radius 2 is 2.04 bits per heavy atom. The Labute approximate surface area is 148 Å². The SMILES string of the molecule is Cc1cc(C2=CC3(CCNCC3)OC3=CC=CCC=C32)ccc1C=O. The normalized spacial score (nSPS) is 21.4. The number of piperidine rings is 1. The topological polar surface area (TPSA) is 38.3 Å². The van der Waals surface area contributed by atoms with Gasteiger partial charge in [0.25, 0.3) is 0 Å². The van der Waals surface area contributed by atoms with Gasteiger partial charge in [-0.05, 0) is 55.3 Å². The van der Waals surface area contributed by atoms with Crippen LogP contribution in [0.25, 0.3) is 5.57 Å². The molecule has 2 heterocycles. The number of nitrogens with one attached hydrogen (secondary N) is 1. The zero-order chi connectivity index (χ0) is 17.3. The Morgan fingerprint density at radius 3 is 2.80 bits per heavy atom. The van der Waals surface area contributed by atoms with Gasteiger partial charge in [0.05, 0.1) is 0 Å². The van der Waals surface area contributed by atoms with E-state index in [2.05, 4.69) is 47.8 Å². The second-order valence-corrected chi connectivity index (χ2v) is 6.98. The molecule has 0 saturated carbocycles. The minimum absolute atomic E-state index is 0.237. The summed E-state index contributed by atoms with van der Waals surface area (Å²) in [6, 6.07) is 6.09. The van der Waals surface area contributed by atoms with E-state index < -0.39 is 0 Å². The average Bonchev–Trinajstić information content (AvgIpc) is 2.87. The highest BCUT2D eigenvalue weighted by atomic mass is 16.5. The molecule has 0 bridgehead atoms. The predicted octanol–water partition coefficient (Wildman–Crippen LogP) is 4.11. The van der Waals surface area contributed by atoms with Crippen LogP contribution in [0, 0.1) is 6.92 Å². The van der Waals surface area contributed by atoms with E-state index in [9.17, 15) is 4.79 Å². The van der Waals surface area contributed by atoms with Crippen LogP contribution in [0.3, 0.4) is 0 Å². The lowest BCUT2D eigenvalue weighted by atomic mass is 9.82. The molecule has 3 aliphatic rings. The van der Waals surface area contributed by atoms with Gasteiger partial charge in [0.2, 0.25) is 0 Å². The number of benzene rings is 1. The predicted molar refractivity (Wildman–Crippen MR) is 100 cm³/mol. The van der Waals surface area contributed by atoms with Crippen molar-refractivity contribution in [2.45, 2.75) is 31.8 Å². The largest absolute Gasteiger partial charge is 0.482 e. The Kier molecular flexibility index (Phi) is 4.18. The zero-order valence-corrected chi connectivity index (χ0v) is 14.5. The van der Waals surface area contributed by atoms with Crippen LogP contribution in [0.2, 0.25) is 0 Å². The highest BCUT2D eigenvalue weighted by molar-refractivity contribution is 5.87. The van der Waals surface area contributed by atoms with Gasteiger partial charge in [-0.25, -0.2) is 0 Å². The molecule has 128 valence electrons. The summed E-state index contributed by atoms with van der Waals surface area (Å²) < 4.78 is 6.49. The molecule has 1 aromatic carbocycles. The van der Waals surface area contributed by atoms with Crippen molar-refractivity contribution in [1.82, 2.24) is 5.32 Å². The Balaban J connectivity index is 1.85. The highest BCUT2D eigenvalue weighted by Crippen LogP contribution is 2.43. The Hall–Kier alpha value is -2.39. The summed E-state index contributed by atoms with van der Waals surface area (Å²) in [5.74, 6) is 0.963. The summed E-state index contributed by atoms with van der Waals surface area (Å²) in [5.41, 5.74) is 5.07. The van der Waals surface area contributed by atoms with Crippen LogP contribution >= 0.6 is 0 Å². The average molecular weight is 333 g/mol. The summed E-state index contributed by atoms with van der Waals surface area (Å²) in [5, 5.41) is 3.42. The quantitative estimate of drug-likeness (QED) is 0.828.